The number of amides is 1. The van der Waals surface area contributed by atoms with Crippen molar-refractivity contribution in [3.8, 4) is 5.75 Å². The van der Waals surface area contributed by atoms with Crippen molar-refractivity contribution in [2.45, 2.75) is 77.5 Å². The molecule has 1 heterocycles. The first-order chi connectivity index (χ1) is 23.5. The lowest BCUT2D eigenvalue weighted by atomic mass is 9.77. The molecule has 11 heteroatoms. The topological polar surface area (TPSA) is 77.5 Å². The lowest BCUT2D eigenvalue weighted by Crippen LogP contribution is -2.33. The number of ether oxygens (including phenoxy) is 2. The normalized spacial score (nSPS) is 25.5. The minimum atomic E-state index is -4.89. The summed E-state index contributed by atoms with van der Waals surface area (Å²) in [6.07, 6.45) is 9.33. The third-order valence-electron chi connectivity index (χ3n) is 10.4. The Balaban J connectivity index is 1.23. The number of methoxy groups -OCH3 is 1. The highest BCUT2D eigenvalue weighted by molar-refractivity contribution is 7.19. The van der Waals surface area contributed by atoms with E-state index in [1.807, 2.05) is 18.2 Å². The first-order valence-electron chi connectivity index (χ1n) is 17.2. The second-order valence-corrected chi connectivity index (χ2v) is 14.6. The number of alkyl halides is 3. The number of nitrogens with zero attached hydrogens (tertiary/aromatic N) is 1. The van der Waals surface area contributed by atoms with Gasteiger partial charge in [-0.05, 0) is 105 Å². The van der Waals surface area contributed by atoms with Crippen LogP contribution in [0.4, 0.5) is 23.2 Å². The number of ketones is 1. The van der Waals surface area contributed by atoms with Crippen LogP contribution in [-0.2, 0) is 15.7 Å². The van der Waals surface area contributed by atoms with E-state index in [2.05, 4.69) is 18.3 Å². The molecule has 2 bridgehead atoms. The number of allylic oxidation sites excluding steroid dienone is 2. The first kappa shape index (κ1) is 35.3. The number of anilines is 1. The zero-order valence-electron chi connectivity index (χ0n) is 27.9. The SMILES string of the molecule is CCCCOC1CCCC1/C=C/c1nc2ccc(OC)c(C(=O)C(C)=C[C@@H]3[C@H]4CC[C@H](C4)[C@@H]3C(=O)Nc3ccc(F)c(C(F)(F)F)c3)c2s1. The highest BCUT2D eigenvalue weighted by atomic mass is 32.1. The van der Waals surface area contributed by atoms with Gasteiger partial charge in [-0.1, -0.05) is 31.9 Å². The smallest absolute Gasteiger partial charge is 0.419 e. The van der Waals surface area contributed by atoms with Crippen LogP contribution < -0.4 is 10.1 Å². The minimum absolute atomic E-state index is 0.0435. The first-order valence-corrected chi connectivity index (χ1v) is 18.0. The molecule has 1 amide bonds. The van der Waals surface area contributed by atoms with E-state index in [9.17, 15) is 27.2 Å². The lowest BCUT2D eigenvalue weighted by molar-refractivity contribution is -0.140. The number of carbonyl (C=O) groups is 2. The molecule has 0 spiro atoms. The molecule has 1 N–H and O–H groups in total. The Kier molecular flexibility index (Phi) is 10.6. The quantitative estimate of drug-likeness (QED) is 0.0882. The molecular weight excluding hydrogens is 656 g/mol. The van der Waals surface area contributed by atoms with Crippen molar-refractivity contribution in [3.05, 3.63) is 70.0 Å². The molecule has 2 unspecified atom stereocenters. The number of hydrogen-bond acceptors (Lipinski definition) is 6. The van der Waals surface area contributed by atoms with Gasteiger partial charge in [0, 0.05) is 24.1 Å². The number of thiazole rings is 1. The molecule has 0 saturated heterocycles. The van der Waals surface area contributed by atoms with Crippen molar-refractivity contribution in [3.63, 3.8) is 0 Å². The van der Waals surface area contributed by atoms with E-state index in [4.69, 9.17) is 14.5 Å². The van der Waals surface area contributed by atoms with E-state index in [0.717, 1.165) is 73.7 Å². The molecule has 0 aliphatic heterocycles. The van der Waals surface area contributed by atoms with Gasteiger partial charge >= 0.3 is 6.18 Å². The van der Waals surface area contributed by atoms with Gasteiger partial charge in [-0.2, -0.15) is 13.2 Å². The molecular formula is C38H42F4N2O4S. The van der Waals surface area contributed by atoms with Crippen molar-refractivity contribution < 1.29 is 36.6 Å². The van der Waals surface area contributed by atoms with Gasteiger partial charge in [0.05, 0.1) is 34.6 Å². The summed E-state index contributed by atoms with van der Waals surface area (Å²) in [4.78, 5) is 32.5. The van der Waals surface area contributed by atoms with Crippen LogP contribution in [0.3, 0.4) is 0 Å². The van der Waals surface area contributed by atoms with Gasteiger partial charge in [0.15, 0.2) is 5.78 Å². The van der Waals surface area contributed by atoms with Gasteiger partial charge in [-0.3, -0.25) is 9.59 Å². The number of aromatic nitrogens is 1. The van der Waals surface area contributed by atoms with Crippen LogP contribution in [0.1, 0.15) is 86.1 Å². The zero-order valence-corrected chi connectivity index (χ0v) is 28.8. The molecule has 6 rings (SSSR count). The predicted octanol–water partition coefficient (Wildman–Crippen LogP) is 9.89. The Morgan fingerprint density at radius 3 is 2.65 bits per heavy atom. The summed E-state index contributed by atoms with van der Waals surface area (Å²) in [6.45, 7) is 4.66. The summed E-state index contributed by atoms with van der Waals surface area (Å²) >= 11 is 1.43. The number of benzene rings is 2. The number of fused-ring (bicyclic) bond motifs is 3. The largest absolute Gasteiger partial charge is 0.496 e. The van der Waals surface area contributed by atoms with Crippen molar-refractivity contribution in [1.82, 2.24) is 4.98 Å². The summed E-state index contributed by atoms with van der Waals surface area (Å²) in [6, 6.07) is 6.06. The van der Waals surface area contributed by atoms with Crippen molar-refractivity contribution in [1.29, 1.82) is 0 Å². The molecule has 1 aromatic heterocycles. The lowest BCUT2D eigenvalue weighted by Gasteiger charge is -2.28. The number of unbranched alkanes of at least 4 members (excludes halogenated alkanes) is 1. The fourth-order valence-electron chi connectivity index (χ4n) is 7.99. The van der Waals surface area contributed by atoms with Gasteiger partial charge in [0.25, 0.3) is 0 Å². The Morgan fingerprint density at radius 2 is 1.90 bits per heavy atom. The van der Waals surface area contributed by atoms with E-state index in [1.165, 1.54) is 18.4 Å². The maximum Gasteiger partial charge on any atom is 0.419 e. The number of rotatable bonds is 12. The van der Waals surface area contributed by atoms with Gasteiger partial charge in [-0.25, -0.2) is 9.37 Å². The maximum absolute atomic E-state index is 14.2. The molecule has 3 fully saturated rings. The highest BCUT2D eigenvalue weighted by Gasteiger charge is 2.50. The number of hydrogen-bond donors (Lipinski definition) is 1. The molecule has 3 aliphatic rings. The van der Waals surface area contributed by atoms with Crippen LogP contribution in [0.15, 0.2) is 48.1 Å². The third-order valence-corrected chi connectivity index (χ3v) is 11.5. The molecule has 3 aromatic rings. The molecule has 0 radical (unpaired) electrons. The number of Topliss-reactive ketones (excluding diaryl/α,β-unsaturated/α-hetero) is 1. The van der Waals surface area contributed by atoms with E-state index in [-0.39, 0.29) is 35.3 Å². The van der Waals surface area contributed by atoms with Crippen LogP contribution in [0, 0.1) is 35.4 Å². The molecule has 3 saturated carbocycles. The Labute approximate surface area is 288 Å². The second kappa shape index (κ2) is 14.7. The van der Waals surface area contributed by atoms with Crippen LogP contribution in [-0.4, -0.2) is 36.5 Å². The predicted molar refractivity (Wildman–Crippen MR) is 183 cm³/mol. The fourth-order valence-corrected chi connectivity index (χ4v) is 9.00. The third kappa shape index (κ3) is 7.48. The van der Waals surface area contributed by atoms with Crippen molar-refractivity contribution in [2.75, 3.05) is 19.0 Å². The zero-order chi connectivity index (χ0) is 34.9. The second-order valence-electron chi connectivity index (χ2n) is 13.6. The summed E-state index contributed by atoms with van der Waals surface area (Å²) in [5, 5.41) is 3.39. The van der Waals surface area contributed by atoms with Crippen molar-refractivity contribution in [2.24, 2.45) is 29.6 Å². The standard InChI is InChI=1S/C38H42F4N2O4S/c1-4-5-17-48-30-8-6-7-22(30)11-16-32-44-29-14-15-31(47-3)34(36(29)49-32)35(45)21(2)18-26-23-9-10-24(19-23)33(26)37(46)43-25-12-13-28(39)27(20-25)38(40,41)42/h11-16,18,20,22-24,26,30,33H,4-10,17,19H2,1-3H3,(H,43,46)/b16-11+,21-18?/t22?,23-,24+,26+,30?,33-/m0/s1. The summed E-state index contributed by atoms with van der Waals surface area (Å²) in [7, 11) is 1.52. The van der Waals surface area contributed by atoms with Crippen LogP contribution >= 0.6 is 11.3 Å². The molecule has 262 valence electrons. The Hall–Kier alpha value is -3.57. The van der Waals surface area contributed by atoms with E-state index in [1.54, 1.807) is 13.0 Å². The van der Waals surface area contributed by atoms with E-state index in [0.29, 0.717) is 40.5 Å². The Bertz CT molecular complexity index is 1770. The van der Waals surface area contributed by atoms with Gasteiger partial charge < -0.3 is 14.8 Å². The van der Waals surface area contributed by atoms with Gasteiger partial charge in [-0.15, -0.1) is 11.3 Å². The van der Waals surface area contributed by atoms with E-state index >= 15 is 0 Å². The van der Waals surface area contributed by atoms with Crippen molar-refractivity contribution >= 4 is 45.0 Å². The van der Waals surface area contributed by atoms with Crippen LogP contribution in [0.5, 0.6) is 5.75 Å². The summed E-state index contributed by atoms with van der Waals surface area (Å²) in [5.74, 6) is -1.87. The van der Waals surface area contributed by atoms with Crippen LogP contribution in [0.25, 0.3) is 16.3 Å². The molecule has 6 atom stereocenters. The summed E-state index contributed by atoms with van der Waals surface area (Å²) in [5.41, 5.74) is 0.0306. The van der Waals surface area contributed by atoms with Gasteiger partial charge in [0.1, 0.15) is 16.6 Å². The highest BCUT2D eigenvalue weighted by Crippen LogP contribution is 2.53. The average Bonchev–Trinajstić information content (AvgIpc) is 3.87. The molecule has 6 nitrogen and oxygen atoms in total. The maximum atomic E-state index is 14.2. The van der Waals surface area contributed by atoms with Gasteiger partial charge in [0.2, 0.25) is 5.91 Å². The fraction of sp³-hybridized carbons (Fsp3) is 0.500. The Morgan fingerprint density at radius 1 is 1.10 bits per heavy atom. The average molecular weight is 699 g/mol. The monoisotopic (exact) mass is 698 g/mol. The van der Waals surface area contributed by atoms with E-state index < -0.39 is 29.4 Å². The molecule has 2 aromatic carbocycles. The molecule has 3 aliphatic carbocycles. The minimum Gasteiger partial charge on any atom is -0.496 e. The number of halogens is 4. The van der Waals surface area contributed by atoms with Crippen LogP contribution in [0.2, 0.25) is 0 Å². The number of nitrogens with one attached hydrogen (secondary N) is 1. The summed E-state index contributed by atoms with van der Waals surface area (Å²) < 4.78 is 66.3. The molecule has 49 heavy (non-hydrogen) atoms. The number of carbonyl (C=O) groups excluding carboxylic acids is 2.